The van der Waals surface area contributed by atoms with Crippen molar-refractivity contribution < 1.29 is 29.2 Å². The molecule has 0 aliphatic heterocycles. The summed E-state index contributed by atoms with van der Waals surface area (Å²) in [7, 11) is 0. The van der Waals surface area contributed by atoms with Crippen LogP contribution < -0.4 is 5.32 Å². The quantitative estimate of drug-likeness (QED) is 0.237. The number of halogens is 1. The third kappa shape index (κ3) is 2.73. The Morgan fingerprint density at radius 1 is 1.44 bits per heavy atom. The van der Waals surface area contributed by atoms with Crippen LogP contribution in [0.15, 0.2) is 0 Å². The van der Waals surface area contributed by atoms with Crippen LogP contribution in [0.4, 0.5) is 9.18 Å². The maximum atomic E-state index is 13.4. The first-order valence-corrected chi connectivity index (χ1v) is 3.85. The molecule has 0 bridgehead atoms. The molecule has 0 aromatic carbocycles. The Kier molecular flexibility index (Phi) is 4.50. The third-order valence-electron chi connectivity index (χ3n) is 1.67. The number of rotatable bonds is 6. The van der Waals surface area contributed by atoms with Gasteiger partial charge in [-0.25, -0.2) is 4.79 Å². The molecule has 92 valence electrons. The highest BCUT2D eigenvalue weighted by atomic mass is 19.2. The Balaban J connectivity index is 5.17. The second kappa shape index (κ2) is 5.16. The Bertz CT molecular complexity index is 294. The summed E-state index contributed by atoms with van der Waals surface area (Å²) in [6, 6.07) is -2.28. The molecule has 0 heterocycles. The molecule has 0 aliphatic carbocycles. The van der Waals surface area contributed by atoms with Crippen LogP contribution in [-0.4, -0.2) is 44.7 Å². The van der Waals surface area contributed by atoms with Crippen molar-refractivity contribution in [1.29, 1.82) is 0 Å². The lowest BCUT2D eigenvalue weighted by molar-refractivity contribution is -0.835. The van der Waals surface area contributed by atoms with Gasteiger partial charge in [0, 0.05) is 13.0 Å². The van der Waals surface area contributed by atoms with Gasteiger partial charge in [-0.3, -0.25) is 20.2 Å². The summed E-state index contributed by atoms with van der Waals surface area (Å²) in [4.78, 5) is 26.9. The molecule has 16 heavy (non-hydrogen) atoms. The predicted molar refractivity (Wildman–Crippen MR) is 44.5 cm³/mol. The first-order chi connectivity index (χ1) is 7.26. The van der Waals surface area contributed by atoms with Crippen LogP contribution in [0.5, 0.6) is 0 Å². The predicted octanol–water partition coefficient (Wildman–Crippen LogP) is -0.818. The number of carbonyl (C=O) groups is 1. The summed E-state index contributed by atoms with van der Waals surface area (Å²) in [5.41, 5.74) is 0. The minimum Gasteiger partial charge on any atom is -0.465 e. The highest BCUT2D eigenvalue weighted by molar-refractivity contribution is 5.64. The van der Waals surface area contributed by atoms with Crippen molar-refractivity contribution in [2.75, 3.05) is 6.61 Å². The van der Waals surface area contributed by atoms with Gasteiger partial charge in [0.2, 0.25) is 6.04 Å². The molecule has 0 rings (SSSR count). The zero-order valence-corrected chi connectivity index (χ0v) is 7.70. The number of aliphatic hydroxyl groups excluding tert-OH is 1. The van der Waals surface area contributed by atoms with Crippen molar-refractivity contribution in [1.82, 2.24) is 5.32 Å². The molecule has 0 saturated carbocycles. The molecule has 0 aromatic heterocycles. The summed E-state index contributed by atoms with van der Waals surface area (Å²) < 4.78 is 13.4. The SMILES string of the molecule is O=C(O)NC(CCO)C(F)([N+](=O)[O-])[N+](=O)[O-]. The van der Waals surface area contributed by atoms with Gasteiger partial charge in [-0.15, -0.1) is 0 Å². The van der Waals surface area contributed by atoms with Crippen LogP contribution >= 0.6 is 0 Å². The molecule has 0 spiro atoms. The lowest BCUT2D eigenvalue weighted by Crippen LogP contribution is -2.59. The van der Waals surface area contributed by atoms with E-state index < -0.39 is 40.9 Å². The van der Waals surface area contributed by atoms with E-state index in [9.17, 15) is 29.4 Å². The van der Waals surface area contributed by atoms with E-state index >= 15 is 0 Å². The van der Waals surface area contributed by atoms with Gasteiger partial charge in [-0.05, 0) is 0 Å². The van der Waals surface area contributed by atoms with Gasteiger partial charge in [0.1, 0.15) is 9.85 Å². The molecular weight excluding hydrogens is 233 g/mol. The first kappa shape index (κ1) is 14.0. The molecule has 0 saturated heterocycles. The molecule has 1 amide bonds. The van der Waals surface area contributed by atoms with E-state index in [1.165, 1.54) is 5.32 Å². The molecule has 3 N–H and O–H groups in total. The Hall–Kier alpha value is -2.04. The van der Waals surface area contributed by atoms with E-state index in [0.717, 1.165) is 0 Å². The number of carboxylic acid groups (broad SMARTS) is 1. The van der Waals surface area contributed by atoms with Crippen LogP contribution in [0.3, 0.4) is 0 Å². The van der Waals surface area contributed by atoms with E-state index in [-0.39, 0.29) is 0 Å². The zero-order valence-electron chi connectivity index (χ0n) is 7.70. The number of nitrogens with one attached hydrogen (secondary N) is 1. The summed E-state index contributed by atoms with van der Waals surface area (Å²) in [5.74, 6) is -4.21. The summed E-state index contributed by atoms with van der Waals surface area (Å²) >= 11 is 0. The smallest absolute Gasteiger partial charge is 0.465 e. The number of hydrogen-bond donors (Lipinski definition) is 3. The van der Waals surface area contributed by atoms with Crippen molar-refractivity contribution >= 4 is 6.09 Å². The standard InChI is InChI=1S/C5H8FN3O7/c6-5(8(13)14,9(15)16)3(1-2-10)7-4(11)12/h3,7,10H,1-2H2,(H,11,12). The molecule has 0 fully saturated rings. The molecule has 0 aromatic rings. The largest absolute Gasteiger partial charge is 0.634 e. The topological polar surface area (TPSA) is 156 Å². The third-order valence-corrected chi connectivity index (χ3v) is 1.67. The van der Waals surface area contributed by atoms with Crippen LogP contribution in [0, 0.1) is 20.2 Å². The van der Waals surface area contributed by atoms with Gasteiger partial charge >= 0.3 is 12.0 Å². The van der Waals surface area contributed by atoms with Crippen LogP contribution in [0.1, 0.15) is 6.42 Å². The first-order valence-electron chi connectivity index (χ1n) is 3.85. The van der Waals surface area contributed by atoms with Crippen molar-refractivity contribution in [3.05, 3.63) is 20.2 Å². The number of nitrogens with zero attached hydrogens (tertiary/aromatic N) is 2. The molecule has 0 radical (unpaired) electrons. The minimum atomic E-state index is -4.21. The summed E-state index contributed by atoms with van der Waals surface area (Å²) in [5, 5.41) is 38.4. The summed E-state index contributed by atoms with van der Waals surface area (Å²) in [6.07, 6.45) is -2.67. The molecular formula is C5H8FN3O7. The highest BCUT2D eigenvalue weighted by Crippen LogP contribution is 2.20. The molecule has 1 atom stereocenters. The van der Waals surface area contributed by atoms with Crippen molar-refractivity contribution in [3.8, 4) is 0 Å². The average Bonchev–Trinajstić information content (AvgIpc) is 2.14. The highest BCUT2D eigenvalue weighted by Gasteiger charge is 2.65. The van der Waals surface area contributed by atoms with Crippen molar-refractivity contribution in [2.24, 2.45) is 0 Å². The second-order valence-electron chi connectivity index (χ2n) is 2.66. The van der Waals surface area contributed by atoms with Crippen LogP contribution in [0.25, 0.3) is 0 Å². The lowest BCUT2D eigenvalue weighted by Gasteiger charge is -2.17. The zero-order chi connectivity index (χ0) is 12.9. The number of hydrogen-bond acceptors (Lipinski definition) is 6. The maximum Gasteiger partial charge on any atom is 0.634 e. The molecule has 0 aliphatic rings. The molecule has 10 nitrogen and oxygen atoms in total. The van der Waals surface area contributed by atoms with Gasteiger partial charge in [-0.1, -0.05) is 4.39 Å². The fraction of sp³-hybridized carbons (Fsp3) is 0.800. The molecule has 11 heteroatoms. The summed E-state index contributed by atoms with van der Waals surface area (Å²) in [6.45, 7) is -0.849. The number of alkyl halides is 1. The number of nitro groups is 2. The van der Waals surface area contributed by atoms with E-state index in [2.05, 4.69) is 0 Å². The van der Waals surface area contributed by atoms with E-state index in [0.29, 0.717) is 0 Å². The van der Waals surface area contributed by atoms with Crippen LogP contribution in [-0.2, 0) is 0 Å². The lowest BCUT2D eigenvalue weighted by atomic mass is 10.1. The average molecular weight is 241 g/mol. The Morgan fingerprint density at radius 3 is 2.12 bits per heavy atom. The maximum absolute atomic E-state index is 13.4. The van der Waals surface area contributed by atoms with Gasteiger partial charge in [-0.2, -0.15) is 0 Å². The van der Waals surface area contributed by atoms with Gasteiger partial charge in [0.05, 0.1) is 0 Å². The Morgan fingerprint density at radius 2 is 1.88 bits per heavy atom. The van der Waals surface area contributed by atoms with Crippen molar-refractivity contribution in [3.63, 3.8) is 0 Å². The van der Waals surface area contributed by atoms with Crippen molar-refractivity contribution in [2.45, 2.75) is 18.4 Å². The van der Waals surface area contributed by atoms with Gasteiger partial charge in [0.25, 0.3) is 0 Å². The number of aliphatic hydroxyl groups is 1. The van der Waals surface area contributed by atoms with Crippen LogP contribution in [0.2, 0.25) is 0 Å². The number of amides is 1. The minimum absolute atomic E-state index is 0.801. The normalized spacial score (nSPS) is 12.9. The second-order valence-corrected chi connectivity index (χ2v) is 2.66. The van der Waals surface area contributed by atoms with E-state index in [1.54, 1.807) is 0 Å². The monoisotopic (exact) mass is 241 g/mol. The fourth-order valence-electron chi connectivity index (χ4n) is 0.947. The van der Waals surface area contributed by atoms with E-state index in [1.807, 2.05) is 0 Å². The van der Waals surface area contributed by atoms with E-state index in [4.69, 9.17) is 10.2 Å². The molecule has 1 unspecified atom stereocenters. The Labute approximate surface area is 87.0 Å². The van der Waals surface area contributed by atoms with Gasteiger partial charge in [0.15, 0.2) is 0 Å². The van der Waals surface area contributed by atoms with Gasteiger partial charge < -0.3 is 15.5 Å². The fourth-order valence-corrected chi connectivity index (χ4v) is 0.947.